The summed E-state index contributed by atoms with van der Waals surface area (Å²) < 4.78 is 5.64. The summed E-state index contributed by atoms with van der Waals surface area (Å²) in [5, 5.41) is 3.26. The molecule has 1 unspecified atom stereocenters. The number of rotatable bonds is 4. The lowest BCUT2D eigenvalue weighted by Gasteiger charge is -2.32. The molecule has 6 heteroatoms. The van der Waals surface area contributed by atoms with E-state index in [0.29, 0.717) is 29.4 Å². The number of carbonyl (C=O) groups is 1. The zero-order valence-corrected chi connectivity index (χ0v) is 12.3. The van der Waals surface area contributed by atoms with Crippen LogP contribution in [-0.2, 0) is 4.74 Å². The number of nitrogens with one attached hydrogen (secondary N) is 1. The second-order valence-corrected chi connectivity index (χ2v) is 5.24. The molecule has 0 bridgehead atoms. The highest BCUT2D eigenvalue weighted by Crippen LogP contribution is 2.19. The van der Waals surface area contributed by atoms with Gasteiger partial charge in [-0.05, 0) is 24.7 Å². The Morgan fingerprint density at radius 2 is 2.40 bits per heavy atom. The number of hydrogen-bond acceptors (Lipinski definition) is 4. The summed E-state index contributed by atoms with van der Waals surface area (Å²) in [5.74, 6) is -0.163. The van der Waals surface area contributed by atoms with Crippen molar-refractivity contribution in [1.29, 1.82) is 0 Å². The highest BCUT2D eigenvalue weighted by molar-refractivity contribution is 6.33. The first-order valence-electron chi connectivity index (χ1n) is 6.77. The van der Waals surface area contributed by atoms with Gasteiger partial charge in [0.2, 0.25) is 0 Å². The van der Waals surface area contributed by atoms with Gasteiger partial charge in [-0.3, -0.25) is 9.69 Å². The van der Waals surface area contributed by atoms with E-state index in [1.54, 1.807) is 18.2 Å². The quantitative estimate of drug-likeness (QED) is 0.824. The van der Waals surface area contributed by atoms with E-state index in [-0.39, 0.29) is 12.0 Å². The monoisotopic (exact) mass is 297 g/mol. The SMILES string of the molecule is CCN1CCOC(CNC(=O)c2ccc(N)c(Cl)c2)C1. The standard InChI is InChI=1S/C14H20ClN3O2/c1-2-18-5-6-20-11(9-18)8-17-14(19)10-3-4-13(16)12(15)7-10/h3-4,7,11H,2,5-6,8-9,16H2,1H3,(H,17,19). The van der Waals surface area contributed by atoms with E-state index in [4.69, 9.17) is 22.1 Å². The molecular weight excluding hydrogens is 278 g/mol. The summed E-state index contributed by atoms with van der Waals surface area (Å²) in [6.45, 7) is 6.13. The fraction of sp³-hybridized carbons (Fsp3) is 0.500. The number of nitrogen functional groups attached to an aromatic ring is 1. The number of halogens is 1. The van der Waals surface area contributed by atoms with Gasteiger partial charge < -0.3 is 15.8 Å². The van der Waals surface area contributed by atoms with Gasteiger partial charge in [-0.2, -0.15) is 0 Å². The molecule has 0 saturated carbocycles. The number of hydrogen-bond donors (Lipinski definition) is 2. The van der Waals surface area contributed by atoms with Crippen LogP contribution in [-0.4, -0.2) is 49.7 Å². The van der Waals surface area contributed by atoms with Crippen LogP contribution in [0.25, 0.3) is 0 Å². The van der Waals surface area contributed by atoms with Gasteiger partial charge in [-0.1, -0.05) is 18.5 Å². The van der Waals surface area contributed by atoms with Crippen molar-refractivity contribution in [2.24, 2.45) is 0 Å². The summed E-state index contributed by atoms with van der Waals surface area (Å²) >= 11 is 5.91. The Morgan fingerprint density at radius 1 is 1.60 bits per heavy atom. The van der Waals surface area contributed by atoms with Gasteiger partial charge in [0.05, 0.1) is 23.4 Å². The number of nitrogens with two attached hydrogens (primary N) is 1. The van der Waals surface area contributed by atoms with Gasteiger partial charge in [0, 0.05) is 25.2 Å². The number of likely N-dealkylation sites (N-methyl/N-ethyl adjacent to an activating group) is 1. The highest BCUT2D eigenvalue weighted by Gasteiger charge is 2.20. The number of carbonyl (C=O) groups excluding carboxylic acids is 1. The normalized spacial score (nSPS) is 19.8. The lowest BCUT2D eigenvalue weighted by Crippen LogP contribution is -2.47. The van der Waals surface area contributed by atoms with Gasteiger partial charge in [0.25, 0.3) is 5.91 Å². The molecule has 0 radical (unpaired) electrons. The van der Waals surface area contributed by atoms with Gasteiger partial charge >= 0.3 is 0 Å². The van der Waals surface area contributed by atoms with Gasteiger partial charge in [0.1, 0.15) is 0 Å². The lowest BCUT2D eigenvalue weighted by molar-refractivity contribution is -0.0246. The number of morpholine rings is 1. The molecule has 1 fully saturated rings. The summed E-state index contributed by atoms with van der Waals surface area (Å²) in [6, 6.07) is 4.87. The zero-order valence-electron chi connectivity index (χ0n) is 11.6. The van der Waals surface area contributed by atoms with E-state index in [9.17, 15) is 4.79 Å². The molecule has 1 atom stereocenters. The average Bonchev–Trinajstić information content (AvgIpc) is 2.47. The smallest absolute Gasteiger partial charge is 0.251 e. The largest absolute Gasteiger partial charge is 0.398 e. The first-order valence-corrected chi connectivity index (χ1v) is 7.15. The molecule has 0 spiro atoms. The van der Waals surface area contributed by atoms with E-state index in [2.05, 4.69) is 17.1 Å². The van der Waals surface area contributed by atoms with Crippen molar-refractivity contribution in [2.45, 2.75) is 13.0 Å². The van der Waals surface area contributed by atoms with Crippen molar-refractivity contribution < 1.29 is 9.53 Å². The Morgan fingerprint density at radius 3 is 3.10 bits per heavy atom. The number of nitrogens with zero attached hydrogens (tertiary/aromatic N) is 1. The predicted octanol–water partition coefficient (Wildman–Crippen LogP) is 1.37. The van der Waals surface area contributed by atoms with Crippen molar-refractivity contribution in [3.8, 4) is 0 Å². The molecule has 1 aromatic carbocycles. The number of amides is 1. The van der Waals surface area contributed by atoms with Crippen LogP contribution in [0.4, 0.5) is 5.69 Å². The van der Waals surface area contributed by atoms with Crippen molar-refractivity contribution >= 4 is 23.2 Å². The van der Waals surface area contributed by atoms with Crippen molar-refractivity contribution in [3.05, 3.63) is 28.8 Å². The molecule has 1 aromatic rings. The fourth-order valence-corrected chi connectivity index (χ4v) is 2.35. The Hall–Kier alpha value is -1.30. The molecule has 1 heterocycles. The van der Waals surface area contributed by atoms with E-state index in [0.717, 1.165) is 19.6 Å². The maximum Gasteiger partial charge on any atom is 0.251 e. The molecule has 1 saturated heterocycles. The van der Waals surface area contributed by atoms with Crippen LogP contribution >= 0.6 is 11.6 Å². The third-order valence-corrected chi connectivity index (χ3v) is 3.75. The molecule has 1 amide bonds. The second-order valence-electron chi connectivity index (χ2n) is 4.83. The molecule has 5 nitrogen and oxygen atoms in total. The van der Waals surface area contributed by atoms with Gasteiger partial charge in [-0.15, -0.1) is 0 Å². The fourth-order valence-electron chi connectivity index (χ4n) is 2.17. The van der Waals surface area contributed by atoms with Crippen LogP contribution in [0.2, 0.25) is 5.02 Å². The van der Waals surface area contributed by atoms with Crippen LogP contribution in [0.3, 0.4) is 0 Å². The van der Waals surface area contributed by atoms with E-state index < -0.39 is 0 Å². The predicted molar refractivity (Wildman–Crippen MR) is 80.1 cm³/mol. The summed E-state index contributed by atoms with van der Waals surface area (Å²) in [4.78, 5) is 14.3. The topological polar surface area (TPSA) is 67.6 Å². The first-order chi connectivity index (χ1) is 9.60. The molecule has 0 aromatic heterocycles. The van der Waals surface area contributed by atoms with Crippen LogP contribution in [0, 0.1) is 0 Å². The number of anilines is 1. The average molecular weight is 298 g/mol. The first kappa shape index (κ1) is 15.1. The van der Waals surface area contributed by atoms with Crippen LogP contribution in [0.5, 0.6) is 0 Å². The minimum atomic E-state index is -0.163. The van der Waals surface area contributed by atoms with Crippen molar-refractivity contribution in [1.82, 2.24) is 10.2 Å². The summed E-state index contributed by atoms with van der Waals surface area (Å²) in [7, 11) is 0. The Balaban J connectivity index is 1.87. The Kier molecular flexibility index (Phi) is 5.23. The number of benzene rings is 1. The molecule has 3 N–H and O–H groups in total. The zero-order chi connectivity index (χ0) is 14.5. The molecule has 2 rings (SSSR count). The molecule has 20 heavy (non-hydrogen) atoms. The number of ether oxygens (including phenoxy) is 1. The van der Waals surface area contributed by atoms with E-state index >= 15 is 0 Å². The van der Waals surface area contributed by atoms with Crippen LogP contribution < -0.4 is 11.1 Å². The van der Waals surface area contributed by atoms with E-state index in [1.807, 2.05) is 0 Å². The van der Waals surface area contributed by atoms with Crippen molar-refractivity contribution in [3.63, 3.8) is 0 Å². The molecule has 110 valence electrons. The summed E-state index contributed by atoms with van der Waals surface area (Å²) in [5.41, 5.74) is 6.60. The van der Waals surface area contributed by atoms with Gasteiger partial charge in [0.15, 0.2) is 0 Å². The van der Waals surface area contributed by atoms with E-state index in [1.165, 1.54) is 0 Å². The third kappa shape index (κ3) is 3.85. The Labute approximate surface area is 124 Å². The van der Waals surface area contributed by atoms with Crippen molar-refractivity contribution in [2.75, 3.05) is 38.5 Å². The Bertz CT molecular complexity index is 481. The minimum absolute atomic E-state index is 0.0388. The van der Waals surface area contributed by atoms with Gasteiger partial charge in [-0.25, -0.2) is 0 Å². The maximum atomic E-state index is 12.0. The van der Waals surface area contributed by atoms with Crippen LogP contribution in [0.1, 0.15) is 17.3 Å². The minimum Gasteiger partial charge on any atom is -0.398 e. The molecule has 0 aliphatic carbocycles. The maximum absolute atomic E-state index is 12.0. The highest BCUT2D eigenvalue weighted by atomic mass is 35.5. The second kappa shape index (κ2) is 6.92. The summed E-state index contributed by atoms with van der Waals surface area (Å²) in [6.07, 6.45) is 0.0388. The molecule has 1 aliphatic rings. The third-order valence-electron chi connectivity index (χ3n) is 3.42. The van der Waals surface area contributed by atoms with Crippen LogP contribution in [0.15, 0.2) is 18.2 Å². The molecule has 1 aliphatic heterocycles. The lowest BCUT2D eigenvalue weighted by atomic mass is 10.2. The molecular formula is C14H20ClN3O2.